The number of hydrogen-bond acceptors (Lipinski definition) is 16. The molecule has 354 valence electrons. The quantitative estimate of drug-likeness (QED) is 0.0929. The third kappa shape index (κ3) is 7.60. The predicted molar refractivity (Wildman–Crippen MR) is 219 cm³/mol. The maximum atomic E-state index is 13.9. The summed E-state index contributed by atoms with van der Waals surface area (Å²) in [4.78, 5) is 13.9. The van der Waals surface area contributed by atoms with E-state index in [0.29, 0.717) is 31.8 Å². The molecule has 4 aliphatic heterocycles. The van der Waals surface area contributed by atoms with Crippen molar-refractivity contribution >= 4 is 6.29 Å². The summed E-state index contributed by atoms with van der Waals surface area (Å²) >= 11 is 0. The van der Waals surface area contributed by atoms with E-state index in [1.165, 1.54) is 18.8 Å². The molecule has 4 aliphatic carbocycles. The standard InChI is InChI=1S/C46H74O16/c1-22(2)16-24-17-46(55,21-58-24)26-10-13-43(6)25(26)8-9-30-44(43,7)14-11-29-42(4,5)31(12-15-45(29,30)20-47)60-41-38(62-40-36(54)34(52)32(50)23(3)59-40)37(28(49)19-57-41)61-39-35(53)33(51)27(48)18-56-39/h16,20,23-41,48-55H,8-15,17-19,21H2,1-7H3/t23-,24+,25+,26-,27+,28-,29-,30-,31-,32-,33-,34+,35+,36+,37-,38+,39-,40-,41-,43+,44+,45+,46?/m0/s1. The molecular formula is C46H74O16. The Morgan fingerprint density at radius 2 is 1.31 bits per heavy atom. The first-order chi connectivity index (χ1) is 29.1. The average molecular weight is 883 g/mol. The Hall–Kier alpha value is -1.19. The van der Waals surface area contributed by atoms with Crippen LogP contribution in [-0.4, -0.2) is 165 Å². The summed E-state index contributed by atoms with van der Waals surface area (Å²) in [5.74, 6) is 0.511. The first-order valence-corrected chi connectivity index (χ1v) is 23.2. The number of allylic oxidation sites excluding steroid dienone is 1. The summed E-state index contributed by atoms with van der Waals surface area (Å²) in [5, 5.41) is 86.8. The second-order valence-corrected chi connectivity index (χ2v) is 21.8. The number of aliphatic hydroxyl groups is 8. The number of hydrogen-bond donors (Lipinski definition) is 8. The third-order valence-electron chi connectivity index (χ3n) is 18.0. The van der Waals surface area contributed by atoms with Crippen molar-refractivity contribution in [2.75, 3.05) is 19.8 Å². The highest BCUT2D eigenvalue weighted by Gasteiger charge is 2.72. The van der Waals surface area contributed by atoms with Crippen LogP contribution in [0.25, 0.3) is 0 Å². The lowest BCUT2D eigenvalue weighted by Crippen LogP contribution is -2.67. The number of carbonyl (C=O) groups is 1. The Morgan fingerprint density at radius 1 is 0.645 bits per heavy atom. The van der Waals surface area contributed by atoms with Gasteiger partial charge in [-0.1, -0.05) is 39.3 Å². The van der Waals surface area contributed by atoms with Gasteiger partial charge in [0.1, 0.15) is 61.2 Å². The fraction of sp³-hybridized carbons (Fsp3) is 0.935. The highest BCUT2D eigenvalue weighted by molar-refractivity contribution is 5.62. The van der Waals surface area contributed by atoms with E-state index in [9.17, 15) is 45.6 Å². The van der Waals surface area contributed by atoms with E-state index in [4.69, 9.17) is 33.2 Å². The van der Waals surface area contributed by atoms with E-state index in [0.717, 1.165) is 38.5 Å². The molecule has 23 atom stereocenters. The molecule has 0 radical (unpaired) electrons. The van der Waals surface area contributed by atoms with Gasteiger partial charge in [-0.3, -0.25) is 0 Å². The van der Waals surface area contributed by atoms with Crippen LogP contribution in [0, 0.1) is 45.3 Å². The van der Waals surface area contributed by atoms with Gasteiger partial charge in [0.15, 0.2) is 18.9 Å². The van der Waals surface area contributed by atoms with Gasteiger partial charge >= 0.3 is 0 Å². The van der Waals surface area contributed by atoms with Crippen molar-refractivity contribution in [3.8, 4) is 0 Å². The maximum Gasteiger partial charge on any atom is 0.187 e. The molecule has 4 saturated heterocycles. The van der Waals surface area contributed by atoms with E-state index in [1.807, 2.05) is 0 Å². The normalized spacial score (nSPS) is 55.1. The largest absolute Gasteiger partial charge is 0.388 e. The molecule has 8 aliphatic rings. The first kappa shape index (κ1) is 47.3. The van der Waals surface area contributed by atoms with E-state index >= 15 is 0 Å². The fourth-order valence-electron chi connectivity index (χ4n) is 14.5. The van der Waals surface area contributed by atoms with Gasteiger partial charge in [-0.2, -0.15) is 0 Å². The molecule has 16 heteroatoms. The van der Waals surface area contributed by atoms with Crippen LogP contribution in [-0.2, 0) is 38.0 Å². The summed E-state index contributed by atoms with van der Waals surface area (Å²) in [5.41, 5.74) is -1.11. The van der Waals surface area contributed by atoms with Crippen LogP contribution in [0.1, 0.15) is 106 Å². The molecule has 16 nitrogen and oxygen atoms in total. The highest BCUT2D eigenvalue weighted by Crippen LogP contribution is 2.76. The average Bonchev–Trinajstić information content (AvgIpc) is 3.78. The molecule has 8 rings (SSSR count). The molecule has 4 heterocycles. The minimum absolute atomic E-state index is 0.0563. The van der Waals surface area contributed by atoms with Crippen LogP contribution in [0.5, 0.6) is 0 Å². The topological polar surface area (TPSA) is 244 Å². The van der Waals surface area contributed by atoms with Crippen molar-refractivity contribution in [3.05, 3.63) is 11.6 Å². The van der Waals surface area contributed by atoms with Gasteiger partial charge in [-0.25, -0.2) is 0 Å². The number of aldehydes is 1. The van der Waals surface area contributed by atoms with Gasteiger partial charge in [0, 0.05) is 11.8 Å². The maximum absolute atomic E-state index is 13.9. The third-order valence-corrected chi connectivity index (χ3v) is 18.0. The van der Waals surface area contributed by atoms with E-state index < -0.39 is 102 Å². The fourth-order valence-corrected chi connectivity index (χ4v) is 14.5. The van der Waals surface area contributed by atoms with Crippen molar-refractivity contribution in [3.63, 3.8) is 0 Å². The van der Waals surface area contributed by atoms with Gasteiger partial charge in [0.2, 0.25) is 0 Å². The van der Waals surface area contributed by atoms with Crippen molar-refractivity contribution in [2.24, 2.45) is 45.3 Å². The predicted octanol–water partition coefficient (Wildman–Crippen LogP) is 1.48. The zero-order valence-electron chi connectivity index (χ0n) is 37.5. The zero-order chi connectivity index (χ0) is 44.9. The van der Waals surface area contributed by atoms with Crippen molar-refractivity contribution < 1.29 is 78.8 Å². The Kier molecular flexibility index (Phi) is 13.1. The molecule has 0 amide bonds. The Morgan fingerprint density at radius 3 is 2.02 bits per heavy atom. The van der Waals surface area contributed by atoms with Gasteiger partial charge < -0.3 is 78.8 Å². The monoisotopic (exact) mass is 882 g/mol. The number of aliphatic hydroxyl groups excluding tert-OH is 7. The molecule has 8 N–H and O–H groups in total. The smallest absolute Gasteiger partial charge is 0.187 e. The number of carbonyl (C=O) groups excluding carboxylic acids is 1. The highest BCUT2D eigenvalue weighted by atomic mass is 16.8. The summed E-state index contributed by atoms with van der Waals surface area (Å²) in [6, 6.07) is 0. The van der Waals surface area contributed by atoms with Gasteiger partial charge in [-0.05, 0) is 112 Å². The first-order valence-electron chi connectivity index (χ1n) is 23.2. The minimum Gasteiger partial charge on any atom is -0.388 e. The molecule has 0 aromatic rings. The lowest BCUT2D eigenvalue weighted by molar-refractivity contribution is -0.383. The summed E-state index contributed by atoms with van der Waals surface area (Å²) in [7, 11) is 0. The molecule has 4 saturated carbocycles. The Balaban J connectivity index is 1.03. The minimum atomic E-state index is -1.72. The molecule has 8 fully saturated rings. The Bertz CT molecular complexity index is 1640. The van der Waals surface area contributed by atoms with E-state index in [1.54, 1.807) is 0 Å². The van der Waals surface area contributed by atoms with Crippen LogP contribution < -0.4 is 0 Å². The zero-order valence-corrected chi connectivity index (χ0v) is 37.5. The molecule has 62 heavy (non-hydrogen) atoms. The molecule has 1 unspecified atom stereocenters. The lowest BCUT2D eigenvalue weighted by atomic mass is 9.35. The summed E-state index contributed by atoms with van der Waals surface area (Å²) in [6.07, 6.45) is -8.82. The molecule has 0 spiro atoms. The van der Waals surface area contributed by atoms with Crippen LogP contribution >= 0.6 is 0 Å². The molecule has 0 aromatic heterocycles. The number of rotatable bonds is 9. The molecule has 0 aromatic carbocycles. The van der Waals surface area contributed by atoms with Crippen molar-refractivity contribution in [1.29, 1.82) is 0 Å². The van der Waals surface area contributed by atoms with Gasteiger partial charge in [0.05, 0.1) is 43.7 Å². The molecule has 0 bridgehead atoms. The number of ether oxygens (including phenoxy) is 7. The van der Waals surface area contributed by atoms with E-state index in [2.05, 4.69) is 47.6 Å². The van der Waals surface area contributed by atoms with Gasteiger partial charge in [0.25, 0.3) is 0 Å². The van der Waals surface area contributed by atoms with Crippen LogP contribution in [0.4, 0.5) is 0 Å². The lowest BCUT2D eigenvalue weighted by Gasteiger charge is -2.69. The summed E-state index contributed by atoms with van der Waals surface area (Å²) < 4.78 is 43.0. The number of fused-ring (bicyclic) bond motifs is 5. The SMILES string of the molecule is CC(C)=C[C@@H]1CC(O)([C@H]2CC[C@]3(C)[C@@H]2CC[C@@H]2[C@@]4(C=O)CC[C@H](O[C@@H]5OC[C@H](O)[C@H](O[C@@H]6OC[C@@H](O)[C@H](O)[C@H]6O)[C@H]5O[C@@H]5O[C@@H](C)[C@H](O)[C@@H](O)[C@H]5O)C(C)(C)[C@@H]4CC[C@]23C)CO1. The Labute approximate surface area is 365 Å². The van der Waals surface area contributed by atoms with Crippen molar-refractivity contribution in [1.82, 2.24) is 0 Å². The molecular weight excluding hydrogens is 808 g/mol. The van der Waals surface area contributed by atoms with Crippen LogP contribution in [0.2, 0.25) is 0 Å². The van der Waals surface area contributed by atoms with Crippen LogP contribution in [0.15, 0.2) is 11.6 Å². The van der Waals surface area contributed by atoms with Gasteiger partial charge in [-0.15, -0.1) is 0 Å². The van der Waals surface area contributed by atoms with Crippen LogP contribution in [0.3, 0.4) is 0 Å². The second-order valence-electron chi connectivity index (χ2n) is 21.8. The second kappa shape index (κ2) is 17.2. The summed E-state index contributed by atoms with van der Waals surface area (Å²) in [6.45, 7) is 14.4. The van der Waals surface area contributed by atoms with E-state index in [-0.39, 0.29) is 47.9 Å². The van der Waals surface area contributed by atoms with Crippen molar-refractivity contribution in [2.45, 2.75) is 204 Å².